The molecule has 3 saturated heterocycles. The first kappa shape index (κ1) is 89.0. The smallest absolute Gasteiger partial charge is 0.220 e. The second-order valence-corrected chi connectivity index (χ2v) is 29.2. The molecule has 3 aliphatic rings. The van der Waals surface area contributed by atoms with Crippen molar-refractivity contribution in [3.05, 3.63) is 0 Å². The number of rotatable bonds is 65. The molecule has 0 aliphatic carbocycles. The summed E-state index contributed by atoms with van der Waals surface area (Å²) in [7, 11) is 0. The minimum atomic E-state index is -1.97. The van der Waals surface area contributed by atoms with Crippen molar-refractivity contribution in [3.8, 4) is 0 Å². The highest BCUT2D eigenvalue weighted by Crippen LogP contribution is 2.33. The molecule has 17 atom stereocenters. The van der Waals surface area contributed by atoms with Crippen molar-refractivity contribution >= 4 is 5.91 Å². The van der Waals surface area contributed by atoms with Crippen molar-refractivity contribution < 1.29 is 89.4 Å². The Bertz CT molecular complexity index is 1740. The second kappa shape index (κ2) is 59.2. The number of aliphatic hydroxyl groups is 11. The maximum Gasteiger partial charge on any atom is 0.220 e. The molecule has 3 heterocycles. The first-order valence-corrected chi connectivity index (χ1v) is 40.3. The van der Waals surface area contributed by atoms with E-state index in [1.165, 1.54) is 276 Å². The van der Waals surface area contributed by atoms with Crippen LogP contribution in [-0.2, 0) is 33.2 Å². The van der Waals surface area contributed by atoms with Gasteiger partial charge in [-0.15, -0.1) is 0 Å². The predicted molar refractivity (Wildman–Crippen MR) is 379 cm³/mol. The summed E-state index contributed by atoms with van der Waals surface area (Å²) in [6.45, 7) is 1.84. The lowest BCUT2D eigenvalue weighted by atomic mass is 9.96. The summed E-state index contributed by atoms with van der Waals surface area (Å²) in [5.41, 5.74) is 0. The van der Waals surface area contributed by atoms with Crippen LogP contribution in [0.3, 0.4) is 0 Å². The Kier molecular flexibility index (Phi) is 54.9. The molecule has 0 spiro atoms. The number of carbonyl (C=O) groups is 1. The van der Waals surface area contributed by atoms with E-state index in [0.29, 0.717) is 12.8 Å². The lowest BCUT2D eigenvalue weighted by Crippen LogP contribution is -2.66. The van der Waals surface area contributed by atoms with E-state index < -0.39 is 124 Å². The summed E-state index contributed by atoms with van der Waals surface area (Å²) < 4.78 is 34.4. The summed E-state index contributed by atoms with van der Waals surface area (Å²) in [5.74, 6) is -0.235. The molecule has 19 heteroatoms. The molecule has 96 heavy (non-hydrogen) atoms. The van der Waals surface area contributed by atoms with Gasteiger partial charge < -0.3 is 89.9 Å². The van der Waals surface area contributed by atoms with Crippen LogP contribution < -0.4 is 5.32 Å². The van der Waals surface area contributed by atoms with E-state index in [1.54, 1.807) is 0 Å². The number of nitrogens with one attached hydrogen (secondary N) is 1. The van der Waals surface area contributed by atoms with Crippen molar-refractivity contribution in [2.24, 2.45) is 0 Å². The second-order valence-electron chi connectivity index (χ2n) is 29.2. The SMILES string of the molecule is CCCCCCCCCCCCCCCCCCCCCCCCCCCCCCCCCCCCCCCCCC(=O)NC(COC1OC(CO)C(OC2OC(CO)C(OC3OC(CO)C(O)C(O)C3O)C(O)C2O)C(O)C1O)C(O)CCCCCCCCCCCCCC. The number of carbonyl (C=O) groups excluding carboxylic acids is 1. The van der Waals surface area contributed by atoms with Gasteiger partial charge in [-0.2, -0.15) is 0 Å². The van der Waals surface area contributed by atoms with Crippen molar-refractivity contribution in [2.75, 3.05) is 26.4 Å². The molecule has 3 rings (SSSR count). The van der Waals surface area contributed by atoms with Gasteiger partial charge in [0.2, 0.25) is 5.91 Å². The van der Waals surface area contributed by atoms with Gasteiger partial charge in [0, 0.05) is 6.42 Å². The number of hydrogen-bond donors (Lipinski definition) is 12. The van der Waals surface area contributed by atoms with Gasteiger partial charge in [-0.05, 0) is 12.8 Å². The summed E-state index contributed by atoms with van der Waals surface area (Å²) in [4.78, 5) is 13.4. The zero-order chi connectivity index (χ0) is 69.6. The molecule has 0 bridgehead atoms. The minimum Gasteiger partial charge on any atom is -0.394 e. The molecule has 17 unspecified atom stereocenters. The zero-order valence-electron chi connectivity index (χ0n) is 60.9. The van der Waals surface area contributed by atoms with Crippen LogP contribution >= 0.6 is 0 Å². The largest absolute Gasteiger partial charge is 0.394 e. The molecular formula is C77H149NO18. The molecule has 0 aromatic heterocycles. The van der Waals surface area contributed by atoms with Crippen LogP contribution in [0.25, 0.3) is 0 Å². The maximum atomic E-state index is 13.4. The lowest BCUT2D eigenvalue weighted by Gasteiger charge is -2.48. The molecule has 0 saturated carbocycles. The molecule has 12 N–H and O–H groups in total. The van der Waals surface area contributed by atoms with Gasteiger partial charge in [-0.3, -0.25) is 4.79 Å². The maximum absolute atomic E-state index is 13.4. The van der Waals surface area contributed by atoms with E-state index in [1.807, 2.05) is 0 Å². The van der Waals surface area contributed by atoms with Gasteiger partial charge >= 0.3 is 0 Å². The Morgan fingerprint density at radius 2 is 0.594 bits per heavy atom. The summed E-state index contributed by atoms with van der Waals surface area (Å²) >= 11 is 0. The number of hydrogen-bond acceptors (Lipinski definition) is 18. The molecular weight excluding hydrogens is 1230 g/mol. The molecule has 0 aromatic carbocycles. The van der Waals surface area contributed by atoms with Gasteiger partial charge in [0.25, 0.3) is 0 Å². The molecule has 0 aromatic rings. The predicted octanol–water partition coefficient (Wildman–Crippen LogP) is 13.0. The Morgan fingerprint density at radius 1 is 0.333 bits per heavy atom. The van der Waals surface area contributed by atoms with Gasteiger partial charge in [0.15, 0.2) is 18.9 Å². The minimum absolute atomic E-state index is 0.235. The Balaban J connectivity index is 1.26. The highest BCUT2D eigenvalue weighted by atomic mass is 16.8. The average molecular weight is 1380 g/mol. The zero-order valence-corrected chi connectivity index (χ0v) is 60.9. The van der Waals surface area contributed by atoms with Crippen LogP contribution in [-0.4, -0.2) is 193 Å². The van der Waals surface area contributed by atoms with E-state index in [4.69, 9.17) is 28.4 Å². The van der Waals surface area contributed by atoms with Crippen molar-refractivity contribution in [2.45, 2.75) is 458 Å². The van der Waals surface area contributed by atoms with Gasteiger partial charge in [-0.25, -0.2) is 0 Å². The normalized spacial score (nSPS) is 26.9. The average Bonchev–Trinajstić information content (AvgIpc) is 0.787. The summed E-state index contributed by atoms with van der Waals surface area (Å²) in [6.07, 6.45) is 41.1. The van der Waals surface area contributed by atoms with E-state index in [0.717, 1.165) is 44.9 Å². The third-order valence-electron chi connectivity index (χ3n) is 20.7. The van der Waals surface area contributed by atoms with Crippen LogP contribution in [0.4, 0.5) is 0 Å². The fraction of sp³-hybridized carbons (Fsp3) is 0.987. The Hall–Kier alpha value is -1.21. The van der Waals surface area contributed by atoms with Crippen LogP contribution in [0.1, 0.15) is 354 Å². The highest BCUT2D eigenvalue weighted by Gasteiger charge is 2.54. The third-order valence-corrected chi connectivity index (χ3v) is 20.7. The molecule has 3 aliphatic heterocycles. The third kappa shape index (κ3) is 39.4. The first-order valence-electron chi connectivity index (χ1n) is 40.3. The van der Waals surface area contributed by atoms with Crippen molar-refractivity contribution in [1.29, 1.82) is 0 Å². The summed E-state index contributed by atoms with van der Waals surface area (Å²) in [5, 5.41) is 121. The summed E-state index contributed by atoms with van der Waals surface area (Å²) in [6, 6.07) is -0.881. The Morgan fingerprint density at radius 3 is 0.906 bits per heavy atom. The van der Waals surface area contributed by atoms with Gasteiger partial charge in [-0.1, -0.05) is 335 Å². The van der Waals surface area contributed by atoms with E-state index in [9.17, 15) is 61.0 Å². The fourth-order valence-electron chi connectivity index (χ4n) is 14.2. The highest BCUT2D eigenvalue weighted by molar-refractivity contribution is 5.76. The molecule has 3 fully saturated rings. The molecule has 1 amide bonds. The van der Waals surface area contributed by atoms with Gasteiger partial charge in [0.1, 0.15) is 73.2 Å². The van der Waals surface area contributed by atoms with Crippen molar-refractivity contribution in [3.63, 3.8) is 0 Å². The Labute approximate surface area is 583 Å². The monoisotopic (exact) mass is 1380 g/mol. The topological polar surface area (TPSA) is 307 Å². The van der Waals surface area contributed by atoms with E-state index in [-0.39, 0.29) is 18.9 Å². The quantitative estimate of drug-likeness (QED) is 0.0252. The van der Waals surface area contributed by atoms with Gasteiger partial charge in [0.05, 0.1) is 38.6 Å². The van der Waals surface area contributed by atoms with Crippen LogP contribution in [0, 0.1) is 0 Å². The van der Waals surface area contributed by atoms with Crippen LogP contribution in [0.15, 0.2) is 0 Å². The lowest BCUT2D eigenvalue weighted by molar-refractivity contribution is -0.379. The van der Waals surface area contributed by atoms with Crippen molar-refractivity contribution in [1.82, 2.24) is 5.32 Å². The van der Waals surface area contributed by atoms with Crippen LogP contribution in [0.5, 0.6) is 0 Å². The first-order chi connectivity index (χ1) is 46.8. The molecule has 19 nitrogen and oxygen atoms in total. The van der Waals surface area contributed by atoms with Crippen LogP contribution in [0.2, 0.25) is 0 Å². The molecule has 570 valence electrons. The molecule has 0 radical (unpaired) electrons. The standard InChI is InChI=1S/C77H149NO18/c1-3-5-7-9-11-13-15-17-18-19-20-21-22-23-24-25-26-27-28-29-30-31-32-33-34-35-36-37-38-39-40-41-42-43-45-47-49-51-53-55-65(83)78-60(61(82)54-52-50-48-46-44-16-14-12-10-8-6-4-2)59-91-75-71(89)68(86)73(63(57-80)93-75)96-77-72(90)69(87)74(64(58-81)94-77)95-76-70(88)67(85)66(84)62(56-79)92-76/h60-64,66-77,79-82,84-90H,3-59H2,1-2H3,(H,78,83). The number of amides is 1. The fourth-order valence-corrected chi connectivity index (χ4v) is 14.2. The van der Waals surface area contributed by atoms with E-state index in [2.05, 4.69) is 19.2 Å². The van der Waals surface area contributed by atoms with E-state index >= 15 is 0 Å². The number of ether oxygens (including phenoxy) is 6. The number of aliphatic hydroxyl groups excluding tert-OH is 11. The number of unbranched alkanes of at least 4 members (excludes halogenated alkanes) is 49.